The van der Waals surface area contributed by atoms with Crippen molar-refractivity contribution in [1.82, 2.24) is 5.32 Å². The molecule has 2 aromatic carbocycles. The maximum atomic E-state index is 13.3. The van der Waals surface area contributed by atoms with Crippen molar-refractivity contribution in [3.63, 3.8) is 0 Å². The van der Waals surface area contributed by atoms with Crippen molar-refractivity contribution < 1.29 is 22.8 Å². The first-order chi connectivity index (χ1) is 13.3. The summed E-state index contributed by atoms with van der Waals surface area (Å²) in [7, 11) is 0. The highest BCUT2D eigenvalue weighted by molar-refractivity contribution is 5.99. The number of carbonyl (C=O) groups excluding carboxylic acids is 2. The van der Waals surface area contributed by atoms with E-state index in [1.807, 2.05) is 18.2 Å². The molecule has 0 aliphatic carbocycles. The van der Waals surface area contributed by atoms with Crippen molar-refractivity contribution in [3.05, 3.63) is 65.2 Å². The lowest BCUT2D eigenvalue weighted by molar-refractivity contribution is -0.137. The zero-order chi connectivity index (χ0) is 20.3. The van der Waals surface area contributed by atoms with Crippen molar-refractivity contribution in [2.24, 2.45) is 5.73 Å². The predicted molar refractivity (Wildman–Crippen MR) is 106 cm³/mol. The molecular weight excluding hydrogens is 407 g/mol. The van der Waals surface area contributed by atoms with Crippen LogP contribution in [0.25, 0.3) is 0 Å². The topological polar surface area (TPSA) is 75.4 Å². The van der Waals surface area contributed by atoms with E-state index in [9.17, 15) is 22.8 Å². The first-order valence-electron chi connectivity index (χ1n) is 8.87. The van der Waals surface area contributed by atoms with Crippen molar-refractivity contribution in [2.75, 3.05) is 18.0 Å². The minimum absolute atomic E-state index is 0. The number of nitrogens with one attached hydrogen (secondary N) is 1. The summed E-state index contributed by atoms with van der Waals surface area (Å²) in [5.41, 5.74) is 5.77. The van der Waals surface area contributed by atoms with Crippen LogP contribution in [0.1, 0.15) is 40.4 Å². The van der Waals surface area contributed by atoms with E-state index in [0.717, 1.165) is 17.7 Å². The van der Waals surface area contributed by atoms with Crippen LogP contribution in [0.15, 0.2) is 48.5 Å². The van der Waals surface area contributed by atoms with Crippen LogP contribution < -0.4 is 16.0 Å². The summed E-state index contributed by atoms with van der Waals surface area (Å²) in [5.74, 6) is -0.929. The van der Waals surface area contributed by atoms with Crippen molar-refractivity contribution >= 4 is 29.9 Å². The fourth-order valence-corrected chi connectivity index (χ4v) is 3.11. The van der Waals surface area contributed by atoms with Gasteiger partial charge in [-0.1, -0.05) is 30.3 Å². The fraction of sp³-hybridized carbons (Fsp3) is 0.300. The molecule has 29 heavy (non-hydrogen) atoms. The first kappa shape index (κ1) is 22.7. The van der Waals surface area contributed by atoms with Crippen LogP contribution in [0.2, 0.25) is 0 Å². The van der Waals surface area contributed by atoms with E-state index in [-0.39, 0.29) is 42.5 Å². The molecule has 2 aromatic rings. The highest BCUT2D eigenvalue weighted by atomic mass is 35.5. The summed E-state index contributed by atoms with van der Waals surface area (Å²) < 4.78 is 39.8. The molecule has 1 atom stereocenters. The molecule has 5 nitrogen and oxygen atoms in total. The zero-order valence-corrected chi connectivity index (χ0v) is 16.2. The van der Waals surface area contributed by atoms with E-state index in [0.29, 0.717) is 13.0 Å². The summed E-state index contributed by atoms with van der Waals surface area (Å²) >= 11 is 0. The van der Waals surface area contributed by atoms with Crippen LogP contribution in [0.4, 0.5) is 18.9 Å². The van der Waals surface area contributed by atoms with E-state index in [2.05, 4.69) is 5.32 Å². The van der Waals surface area contributed by atoms with Gasteiger partial charge in [0, 0.05) is 36.8 Å². The minimum atomic E-state index is -4.63. The lowest BCUT2D eigenvalue weighted by Gasteiger charge is -2.19. The van der Waals surface area contributed by atoms with Crippen LogP contribution in [-0.2, 0) is 11.0 Å². The van der Waals surface area contributed by atoms with Crippen molar-refractivity contribution in [1.29, 1.82) is 0 Å². The number of rotatable bonds is 5. The van der Waals surface area contributed by atoms with Gasteiger partial charge in [0.2, 0.25) is 5.91 Å². The quantitative estimate of drug-likeness (QED) is 0.764. The van der Waals surface area contributed by atoms with Gasteiger partial charge in [0.15, 0.2) is 0 Å². The van der Waals surface area contributed by atoms with Gasteiger partial charge in [-0.05, 0) is 30.2 Å². The van der Waals surface area contributed by atoms with Gasteiger partial charge < -0.3 is 16.0 Å². The lowest BCUT2D eigenvalue weighted by Crippen LogP contribution is -2.32. The number of amides is 2. The highest BCUT2D eigenvalue weighted by Gasteiger charge is 2.33. The summed E-state index contributed by atoms with van der Waals surface area (Å²) in [6.45, 7) is 0.400. The van der Waals surface area contributed by atoms with Crippen LogP contribution in [0.5, 0.6) is 0 Å². The average molecular weight is 428 g/mol. The number of hydrogen-bond acceptors (Lipinski definition) is 3. The second kappa shape index (κ2) is 9.28. The van der Waals surface area contributed by atoms with Crippen molar-refractivity contribution in [3.8, 4) is 0 Å². The predicted octanol–water partition coefficient (Wildman–Crippen LogP) is 3.68. The molecule has 1 saturated heterocycles. The molecular formula is C20H21ClF3N3O2. The molecule has 9 heteroatoms. The summed E-state index contributed by atoms with van der Waals surface area (Å²) in [5, 5.41) is 2.57. The van der Waals surface area contributed by atoms with Crippen LogP contribution >= 0.6 is 12.4 Å². The van der Waals surface area contributed by atoms with Crippen LogP contribution in [-0.4, -0.2) is 24.9 Å². The Morgan fingerprint density at radius 2 is 1.86 bits per heavy atom. The molecule has 2 amide bonds. The SMILES string of the molecule is Cl.NC(CNC(=O)c1cc(N2CCCC2=O)cc(C(F)(F)F)c1)c1ccccc1. The van der Waals surface area contributed by atoms with Gasteiger partial charge in [-0.25, -0.2) is 0 Å². The number of nitrogens with zero attached hydrogens (tertiary/aromatic N) is 1. The Bertz CT molecular complexity index is 875. The summed E-state index contributed by atoms with van der Waals surface area (Å²) in [6.07, 6.45) is -3.78. The Morgan fingerprint density at radius 1 is 1.17 bits per heavy atom. The van der Waals surface area contributed by atoms with Crippen LogP contribution in [0, 0.1) is 0 Å². The number of hydrogen-bond donors (Lipinski definition) is 2. The van der Waals surface area contributed by atoms with E-state index in [1.165, 1.54) is 11.0 Å². The van der Waals surface area contributed by atoms with Gasteiger partial charge >= 0.3 is 6.18 Å². The molecule has 156 valence electrons. The fourth-order valence-electron chi connectivity index (χ4n) is 3.11. The number of anilines is 1. The second-order valence-corrected chi connectivity index (χ2v) is 6.64. The van der Waals surface area contributed by atoms with Gasteiger partial charge in [0.05, 0.1) is 5.56 Å². The van der Waals surface area contributed by atoms with Gasteiger partial charge in [0.1, 0.15) is 0 Å². The van der Waals surface area contributed by atoms with Crippen molar-refractivity contribution in [2.45, 2.75) is 25.1 Å². The maximum Gasteiger partial charge on any atom is 0.416 e. The van der Waals surface area contributed by atoms with Gasteiger partial charge in [-0.2, -0.15) is 13.2 Å². The Hall–Kier alpha value is -2.58. The van der Waals surface area contributed by atoms with E-state index in [4.69, 9.17) is 5.73 Å². The largest absolute Gasteiger partial charge is 0.416 e. The van der Waals surface area contributed by atoms with Gasteiger partial charge in [0.25, 0.3) is 5.91 Å². The Kier molecular flexibility index (Phi) is 7.26. The molecule has 1 unspecified atom stereocenters. The third kappa shape index (κ3) is 5.48. The molecule has 3 N–H and O–H groups in total. The summed E-state index contributed by atoms with van der Waals surface area (Å²) in [4.78, 5) is 25.7. The molecule has 0 spiro atoms. The third-order valence-corrected chi connectivity index (χ3v) is 4.60. The van der Waals surface area contributed by atoms with Gasteiger partial charge in [-0.3, -0.25) is 9.59 Å². The normalized spacial score (nSPS) is 15.0. The number of alkyl halides is 3. The van der Waals surface area contributed by atoms with E-state index in [1.54, 1.807) is 12.1 Å². The van der Waals surface area contributed by atoms with Crippen LogP contribution in [0.3, 0.4) is 0 Å². The Balaban J connectivity index is 0.00000300. The molecule has 3 rings (SSSR count). The monoisotopic (exact) mass is 427 g/mol. The molecule has 1 aliphatic heterocycles. The number of carbonyl (C=O) groups is 2. The standard InChI is InChI=1S/C20H20F3N3O2.ClH/c21-20(22,23)15-9-14(10-16(11-15)26-8-4-7-18(26)27)19(28)25-12-17(24)13-5-2-1-3-6-13;/h1-3,5-6,9-11,17H,4,7-8,12,24H2,(H,25,28);1H. The molecule has 1 aliphatic rings. The average Bonchev–Trinajstić information content (AvgIpc) is 3.11. The molecule has 1 fully saturated rings. The summed E-state index contributed by atoms with van der Waals surface area (Å²) in [6, 6.07) is 11.6. The minimum Gasteiger partial charge on any atom is -0.350 e. The smallest absolute Gasteiger partial charge is 0.350 e. The van der Waals surface area contributed by atoms with E-state index >= 15 is 0 Å². The molecule has 0 bridgehead atoms. The zero-order valence-electron chi connectivity index (χ0n) is 15.4. The number of halogens is 4. The van der Waals surface area contributed by atoms with Gasteiger partial charge in [-0.15, -0.1) is 12.4 Å². The first-order valence-corrected chi connectivity index (χ1v) is 8.87. The Labute approximate surface area is 172 Å². The molecule has 0 radical (unpaired) electrons. The molecule has 0 saturated carbocycles. The Morgan fingerprint density at radius 3 is 2.45 bits per heavy atom. The maximum absolute atomic E-state index is 13.3. The third-order valence-electron chi connectivity index (χ3n) is 4.60. The molecule has 1 heterocycles. The number of benzene rings is 2. The molecule has 0 aromatic heterocycles. The number of nitrogens with two attached hydrogens (primary N) is 1. The lowest BCUT2D eigenvalue weighted by atomic mass is 10.1. The second-order valence-electron chi connectivity index (χ2n) is 6.64. The van der Waals surface area contributed by atoms with E-state index < -0.39 is 23.7 Å². The highest BCUT2D eigenvalue weighted by Crippen LogP contribution is 2.34.